The van der Waals surface area contributed by atoms with E-state index in [2.05, 4.69) is 20.1 Å². The number of aromatic amines is 1. The summed E-state index contributed by atoms with van der Waals surface area (Å²) in [5.41, 5.74) is 2.70. The summed E-state index contributed by atoms with van der Waals surface area (Å²) < 4.78 is 1.80. The Bertz CT molecular complexity index is 760. The van der Waals surface area contributed by atoms with Gasteiger partial charge < -0.3 is 4.98 Å². The lowest BCUT2D eigenvalue weighted by Crippen LogP contribution is -2.08. The topological polar surface area (TPSA) is 76.5 Å². The smallest absolute Gasteiger partial charge is 0.279 e. The van der Waals surface area contributed by atoms with Gasteiger partial charge in [-0.15, -0.1) is 0 Å². The van der Waals surface area contributed by atoms with Crippen LogP contribution in [0.5, 0.6) is 0 Å². The van der Waals surface area contributed by atoms with Gasteiger partial charge in [0.2, 0.25) is 0 Å². The zero-order chi connectivity index (χ0) is 13.2. The van der Waals surface area contributed by atoms with Gasteiger partial charge in [0.15, 0.2) is 5.52 Å². The summed E-state index contributed by atoms with van der Waals surface area (Å²) >= 11 is 0. The molecule has 6 nitrogen and oxygen atoms in total. The van der Waals surface area contributed by atoms with E-state index in [0.717, 1.165) is 17.8 Å². The highest BCUT2D eigenvalue weighted by Gasteiger charge is 2.13. The van der Waals surface area contributed by atoms with E-state index in [9.17, 15) is 4.79 Å². The van der Waals surface area contributed by atoms with E-state index in [0.29, 0.717) is 17.6 Å². The number of rotatable bonds is 3. The van der Waals surface area contributed by atoms with Gasteiger partial charge in [0.1, 0.15) is 5.52 Å². The first-order valence-electron chi connectivity index (χ1n) is 6.12. The van der Waals surface area contributed by atoms with Crippen LogP contribution in [0.25, 0.3) is 11.0 Å². The number of aromatic nitrogens is 5. The number of fused-ring (bicyclic) bond motifs is 1. The number of pyridine rings is 1. The predicted octanol–water partition coefficient (Wildman–Crippen LogP) is 1.13. The molecule has 0 spiro atoms. The number of aryl methyl sites for hydroxylation is 1. The maximum atomic E-state index is 11.7. The lowest BCUT2D eigenvalue weighted by Gasteiger charge is -2.04. The molecule has 0 saturated carbocycles. The molecule has 0 aliphatic rings. The fourth-order valence-corrected chi connectivity index (χ4v) is 2.13. The molecule has 3 aromatic rings. The molecule has 0 bridgehead atoms. The maximum absolute atomic E-state index is 11.7. The van der Waals surface area contributed by atoms with Crippen molar-refractivity contribution in [1.82, 2.24) is 24.7 Å². The third-order valence-electron chi connectivity index (χ3n) is 3.01. The second-order valence-electron chi connectivity index (χ2n) is 4.21. The molecule has 6 heteroatoms. The normalized spacial score (nSPS) is 11.0. The number of nitrogens with zero attached hydrogens (tertiary/aromatic N) is 4. The molecular formula is C13H13N5O. The Morgan fingerprint density at radius 1 is 1.26 bits per heavy atom. The third kappa shape index (κ3) is 2.01. The molecule has 19 heavy (non-hydrogen) atoms. The standard InChI is InChI=1S/C13H13N5O/c1-2-10-11-12(13(19)16-8-15-11)17-18(10)7-9-5-3-4-6-14-9/h3-6,8H,2,7H2,1H3,(H,15,16,19). The first-order chi connectivity index (χ1) is 9.29. The van der Waals surface area contributed by atoms with Gasteiger partial charge in [-0.05, 0) is 18.6 Å². The molecule has 0 saturated heterocycles. The molecule has 0 amide bonds. The molecule has 3 rings (SSSR count). The van der Waals surface area contributed by atoms with E-state index in [1.54, 1.807) is 10.9 Å². The minimum absolute atomic E-state index is 0.209. The minimum Gasteiger partial charge on any atom is -0.311 e. The number of H-pyrrole nitrogens is 1. The van der Waals surface area contributed by atoms with E-state index in [-0.39, 0.29) is 5.56 Å². The minimum atomic E-state index is -0.209. The molecule has 3 aromatic heterocycles. The Balaban J connectivity index is 2.13. The Morgan fingerprint density at radius 2 is 2.16 bits per heavy atom. The van der Waals surface area contributed by atoms with Crippen LogP contribution in [0.1, 0.15) is 18.3 Å². The van der Waals surface area contributed by atoms with Crippen LogP contribution in [0.2, 0.25) is 0 Å². The number of nitrogens with one attached hydrogen (secondary N) is 1. The van der Waals surface area contributed by atoms with Crippen molar-refractivity contribution in [1.29, 1.82) is 0 Å². The quantitative estimate of drug-likeness (QED) is 0.761. The lowest BCUT2D eigenvalue weighted by molar-refractivity contribution is 0.645. The van der Waals surface area contributed by atoms with E-state index < -0.39 is 0 Å². The monoisotopic (exact) mass is 255 g/mol. The molecule has 0 radical (unpaired) electrons. The van der Waals surface area contributed by atoms with Gasteiger partial charge in [0, 0.05) is 6.20 Å². The van der Waals surface area contributed by atoms with Crippen LogP contribution < -0.4 is 5.56 Å². The molecule has 1 N–H and O–H groups in total. The van der Waals surface area contributed by atoms with Crippen molar-refractivity contribution in [3.63, 3.8) is 0 Å². The summed E-state index contributed by atoms with van der Waals surface area (Å²) in [6.07, 6.45) is 3.92. The molecule has 96 valence electrons. The highest BCUT2D eigenvalue weighted by atomic mass is 16.1. The predicted molar refractivity (Wildman–Crippen MR) is 70.9 cm³/mol. The second kappa shape index (κ2) is 4.64. The van der Waals surface area contributed by atoms with E-state index in [1.165, 1.54) is 6.33 Å². The van der Waals surface area contributed by atoms with E-state index in [1.807, 2.05) is 25.1 Å². The zero-order valence-electron chi connectivity index (χ0n) is 10.5. The Morgan fingerprint density at radius 3 is 2.89 bits per heavy atom. The molecular weight excluding hydrogens is 242 g/mol. The van der Waals surface area contributed by atoms with Crippen LogP contribution in [-0.2, 0) is 13.0 Å². The Hall–Kier alpha value is -2.50. The number of hydrogen-bond donors (Lipinski definition) is 1. The van der Waals surface area contributed by atoms with Crippen LogP contribution in [0, 0.1) is 0 Å². The lowest BCUT2D eigenvalue weighted by atomic mass is 10.2. The van der Waals surface area contributed by atoms with Crippen molar-refractivity contribution in [3.8, 4) is 0 Å². The Labute approximate surface area is 109 Å². The van der Waals surface area contributed by atoms with Gasteiger partial charge >= 0.3 is 0 Å². The van der Waals surface area contributed by atoms with Crippen LogP contribution >= 0.6 is 0 Å². The van der Waals surface area contributed by atoms with Gasteiger partial charge in [-0.25, -0.2) is 4.98 Å². The van der Waals surface area contributed by atoms with Gasteiger partial charge in [0.25, 0.3) is 5.56 Å². The summed E-state index contributed by atoms with van der Waals surface area (Å²) in [6.45, 7) is 2.56. The van der Waals surface area contributed by atoms with Crippen molar-refractivity contribution in [2.45, 2.75) is 19.9 Å². The molecule has 0 atom stereocenters. The fraction of sp³-hybridized carbons (Fsp3) is 0.231. The molecule has 0 aliphatic heterocycles. The summed E-state index contributed by atoms with van der Waals surface area (Å²) in [7, 11) is 0. The molecule has 0 fully saturated rings. The van der Waals surface area contributed by atoms with Crippen molar-refractivity contribution < 1.29 is 0 Å². The summed E-state index contributed by atoms with van der Waals surface area (Å²) in [6, 6.07) is 5.74. The fourth-order valence-electron chi connectivity index (χ4n) is 2.13. The van der Waals surface area contributed by atoms with Crippen LogP contribution in [-0.4, -0.2) is 24.7 Å². The first-order valence-corrected chi connectivity index (χ1v) is 6.12. The summed E-state index contributed by atoms with van der Waals surface area (Å²) in [4.78, 5) is 22.8. The van der Waals surface area contributed by atoms with Crippen molar-refractivity contribution in [3.05, 3.63) is 52.5 Å². The van der Waals surface area contributed by atoms with E-state index >= 15 is 0 Å². The highest BCUT2D eigenvalue weighted by Crippen LogP contribution is 2.14. The summed E-state index contributed by atoms with van der Waals surface area (Å²) in [5, 5.41) is 4.35. The molecule has 0 unspecified atom stereocenters. The van der Waals surface area contributed by atoms with Gasteiger partial charge in [-0.3, -0.25) is 14.5 Å². The second-order valence-corrected chi connectivity index (χ2v) is 4.21. The van der Waals surface area contributed by atoms with Crippen LogP contribution in [0.3, 0.4) is 0 Å². The average molecular weight is 255 g/mol. The number of hydrogen-bond acceptors (Lipinski definition) is 4. The molecule has 0 aromatic carbocycles. The molecule has 0 aliphatic carbocycles. The zero-order valence-corrected chi connectivity index (χ0v) is 10.5. The van der Waals surface area contributed by atoms with Crippen LogP contribution in [0.4, 0.5) is 0 Å². The highest BCUT2D eigenvalue weighted by molar-refractivity contribution is 5.75. The van der Waals surface area contributed by atoms with Crippen LogP contribution in [0.15, 0.2) is 35.5 Å². The average Bonchev–Trinajstić information content (AvgIpc) is 2.79. The van der Waals surface area contributed by atoms with E-state index in [4.69, 9.17) is 0 Å². The van der Waals surface area contributed by atoms with Gasteiger partial charge in [0.05, 0.1) is 24.3 Å². The van der Waals surface area contributed by atoms with Gasteiger partial charge in [-0.1, -0.05) is 13.0 Å². The molecule has 3 heterocycles. The van der Waals surface area contributed by atoms with Crippen molar-refractivity contribution in [2.75, 3.05) is 0 Å². The Kier molecular flexibility index (Phi) is 2.83. The third-order valence-corrected chi connectivity index (χ3v) is 3.01. The first kappa shape index (κ1) is 11.6. The maximum Gasteiger partial charge on any atom is 0.279 e. The van der Waals surface area contributed by atoms with Gasteiger partial charge in [-0.2, -0.15) is 5.10 Å². The SMILES string of the molecule is CCc1c2nc[nH]c(=O)c2nn1Cc1ccccn1. The summed E-state index contributed by atoms with van der Waals surface area (Å²) in [5.74, 6) is 0. The van der Waals surface area contributed by atoms with Crippen molar-refractivity contribution >= 4 is 11.0 Å². The largest absolute Gasteiger partial charge is 0.311 e. The van der Waals surface area contributed by atoms with Crippen molar-refractivity contribution in [2.24, 2.45) is 0 Å².